The Balaban J connectivity index is 1.34. The SMILES string of the molecule is O=C(Cn1nnn(-c2ccccc2)c1=O)N1CCc2cc(S(=O)(=O)N3CCCCC3)ccc21. The summed E-state index contributed by atoms with van der Waals surface area (Å²) in [7, 11) is -3.54. The lowest BCUT2D eigenvalue weighted by atomic mass is 10.2. The molecule has 0 spiro atoms. The van der Waals surface area contributed by atoms with Gasteiger partial charge >= 0.3 is 5.69 Å². The number of amides is 1. The summed E-state index contributed by atoms with van der Waals surface area (Å²) in [6.45, 7) is 1.26. The van der Waals surface area contributed by atoms with Crippen LogP contribution in [-0.2, 0) is 27.8 Å². The van der Waals surface area contributed by atoms with Gasteiger partial charge in [-0.3, -0.25) is 4.79 Å². The third-order valence-corrected chi connectivity index (χ3v) is 8.02. The van der Waals surface area contributed by atoms with Crippen LogP contribution >= 0.6 is 0 Å². The van der Waals surface area contributed by atoms with Gasteiger partial charge in [0, 0.05) is 25.3 Å². The number of sulfonamides is 1. The summed E-state index contributed by atoms with van der Waals surface area (Å²) >= 11 is 0. The van der Waals surface area contributed by atoms with Gasteiger partial charge in [-0.2, -0.15) is 13.7 Å². The van der Waals surface area contributed by atoms with Crippen LogP contribution in [0.2, 0.25) is 0 Å². The second-order valence-electron chi connectivity index (χ2n) is 8.22. The number of piperidine rings is 1. The zero-order chi connectivity index (χ0) is 23.0. The Morgan fingerprint density at radius 1 is 0.939 bits per heavy atom. The Kier molecular flexibility index (Phi) is 5.59. The minimum Gasteiger partial charge on any atom is -0.310 e. The number of aromatic nitrogens is 4. The molecule has 2 aromatic carbocycles. The molecule has 172 valence electrons. The van der Waals surface area contributed by atoms with Crippen LogP contribution in [0.25, 0.3) is 5.69 Å². The van der Waals surface area contributed by atoms with Crippen molar-refractivity contribution in [2.75, 3.05) is 24.5 Å². The normalized spacial score (nSPS) is 16.7. The molecular formula is C22H24N6O4S. The minimum absolute atomic E-state index is 0.251. The van der Waals surface area contributed by atoms with Gasteiger partial charge in [0.15, 0.2) is 0 Å². The van der Waals surface area contributed by atoms with Crippen LogP contribution in [0, 0.1) is 0 Å². The Morgan fingerprint density at radius 3 is 2.45 bits per heavy atom. The van der Waals surface area contributed by atoms with Gasteiger partial charge in [0.2, 0.25) is 15.9 Å². The van der Waals surface area contributed by atoms with Crippen molar-refractivity contribution < 1.29 is 13.2 Å². The maximum atomic E-state index is 13.0. The summed E-state index contributed by atoms with van der Waals surface area (Å²) < 4.78 is 29.7. The Bertz CT molecular complexity index is 1340. The van der Waals surface area contributed by atoms with E-state index >= 15 is 0 Å². The van der Waals surface area contributed by atoms with Crippen molar-refractivity contribution in [3.8, 4) is 5.69 Å². The Morgan fingerprint density at radius 2 is 1.70 bits per heavy atom. The first-order chi connectivity index (χ1) is 15.9. The number of fused-ring (bicyclic) bond motifs is 1. The molecule has 33 heavy (non-hydrogen) atoms. The highest BCUT2D eigenvalue weighted by atomic mass is 32.2. The van der Waals surface area contributed by atoms with Crippen molar-refractivity contribution >= 4 is 21.6 Å². The molecule has 0 N–H and O–H groups in total. The fourth-order valence-corrected chi connectivity index (χ4v) is 5.94. The molecule has 3 aromatic rings. The van der Waals surface area contributed by atoms with E-state index in [2.05, 4.69) is 10.4 Å². The molecule has 1 saturated heterocycles. The standard InChI is InChI=1S/C22H24N6O4S/c29-21(16-27-22(30)28(24-23-27)18-7-3-1-4-8-18)26-14-11-17-15-19(9-10-20(17)26)33(31,32)25-12-5-2-6-13-25/h1,3-4,7-10,15H,2,5-6,11-14,16H2. The van der Waals surface area contributed by atoms with Crippen molar-refractivity contribution in [2.24, 2.45) is 0 Å². The molecule has 5 rings (SSSR count). The molecule has 2 aliphatic rings. The largest absolute Gasteiger partial charge is 0.368 e. The lowest BCUT2D eigenvalue weighted by Crippen LogP contribution is -2.36. The number of carbonyl (C=O) groups is 1. The number of benzene rings is 2. The second kappa shape index (κ2) is 8.56. The van der Waals surface area contributed by atoms with E-state index in [4.69, 9.17) is 0 Å². The monoisotopic (exact) mass is 468 g/mol. The number of nitrogens with zero attached hydrogens (tertiary/aromatic N) is 6. The molecule has 11 heteroatoms. The van der Waals surface area contributed by atoms with Gasteiger partial charge < -0.3 is 4.90 Å². The van der Waals surface area contributed by atoms with Gasteiger partial charge in [-0.15, -0.1) is 0 Å². The molecule has 1 fully saturated rings. The Labute approximate surface area is 191 Å². The molecule has 0 atom stereocenters. The average molecular weight is 469 g/mol. The second-order valence-corrected chi connectivity index (χ2v) is 10.2. The number of hydrogen-bond acceptors (Lipinski definition) is 6. The lowest BCUT2D eigenvalue weighted by Gasteiger charge is -2.26. The van der Waals surface area contributed by atoms with Crippen LogP contribution in [0.1, 0.15) is 24.8 Å². The van der Waals surface area contributed by atoms with E-state index in [1.807, 2.05) is 6.07 Å². The van der Waals surface area contributed by atoms with Crippen LogP contribution in [0.3, 0.4) is 0 Å². The van der Waals surface area contributed by atoms with Crippen molar-refractivity contribution in [3.63, 3.8) is 0 Å². The van der Waals surface area contributed by atoms with E-state index in [1.165, 1.54) is 0 Å². The molecular weight excluding hydrogens is 444 g/mol. The number of hydrogen-bond donors (Lipinski definition) is 0. The summed E-state index contributed by atoms with van der Waals surface area (Å²) in [6, 6.07) is 13.8. The molecule has 0 saturated carbocycles. The average Bonchev–Trinajstić information content (AvgIpc) is 3.43. The van der Waals surface area contributed by atoms with Crippen LogP contribution in [0.5, 0.6) is 0 Å². The molecule has 0 unspecified atom stereocenters. The predicted octanol–water partition coefficient (Wildman–Crippen LogP) is 1.19. The van der Waals surface area contributed by atoms with Crippen LogP contribution in [-0.4, -0.2) is 58.1 Å². The summed E-state index contributed by atoms with van der Waals surface area (Å²) in [6.07, 6.45) is 3.35. The third-order valence-electron chi connectivity index (χ3n) is 6.13. The highest BCUT2D eigenvalue weighted by molar-refractivity contribution is 7.89. The molecule has 3 heterocycles. The highest BCUT2D eigenvalue weighted by Gasteiger charge is 2.30. The third kappa shape index (κ3) is 3.98. The lowest BCUT2D eigenvalue weighted by molar-refractivity contribution is -0.119. The number of rotatable bonds is 5. The fraction of sp³-hybridized carbons (Fsp3) is 0.364. The minimum atomic E-state index is -3.54. The first kappa shape index (κ1) is 21.5. The number of para-hydroxylation sites is 1. The van der Waals surface area contributed by atoms with Gasteiger partial charge in [-0.25, -0.2) is 13.2 Å². The molecule has 0 radical (unpaired) electrons. The summed E-state index contributed by atoms with van der Waals surface area (Å²) in [5.41, 5.74) is 1.54. The quantitative estimate of drug-likeness (QED) is 0.556. The molecule has 0 bridgehead atoms. The molecule has 10 nitrogen and oxygen atoms in total. The maximum Gasteiger partial charge on any atom is 0.368 e. The Hall–Kier alpha value is -3.31. The molecule has 1 aromatic heterocycles. The highest BCUT2D eigenvalue weighted by Crippen LogP contribution is 2.32. The number of anilines is 1. The van der Waals surface area contributed by atoms with Crippen LogP contribution in [0.15, 0.2) is 58.2 Å². The van der Waals surface area contributed by atoms with Crippen LogP contribution < -0.4 is 10.6 Å². The van der Waals surface area contributed by atoms with E-state index in [-0.39, 0.29) is 17.3 Å². The van der Waals surface area contributed by atoms with Crippen molar-refractivity contribution in [1.29, 1.82) is 0 Å². The van der Waals surface area contributed by atoms with Gasteiger partial charge in [-0.05, 0) is 65.6 Å². The van der Waals surface area contributed by atoms with Crippen molar-refractivity contribution in [1.82, 2.24) is 24.1 Å². The molecule has 2 aliphatic heterocycles. The van der Waals surface area contributed by atoms with Gasteiger partial charge in [0.25, 0.3) is 0 Å². The fourth-order valence-electron chi connectivity index (χ4n) is 4.37. The molecule has 1 amide bonds. The summed E-state index contributed by atoms with van der Waals surface area (Å²) in [5.74, 6) is -0.303. The smallest absolute Gasteiger partial charge is 0.310 e. The summed E-state index contributed by atoms with van der Waals surface area (Å²) in [5, 5.41) is 7.71. The zero-order valence-electron chi connectivity index (χ0n) is 18.0. The van der Waals surface area contributed by atoms with Crippen molar-refractivity contribution in [2.45, 2.75) is 37.1 Å². The van der Waals surface area contributed by atoms with Crippen LogP contribution in [0.4, 0.5) is 5.69 Å². The summed E-state index contributed by atoms with van der Waals surface area (Å²) in [4.78, 5) is 27.4. The van der Waals surface area contributed by atoms with Gasteiger partial charge in [0.05, 0.1) is 10.6 Å². The first-order valence-electron chi connectivity index (χ1n) is 11.0. The number of tetrazole rings is 1. The first-order valence-corrected chi connectivity index (χ1v) is 12.4. The topological polar surface area (TPSA) is 110 Å². The van der Waals surface area contributed by atoms with Gasteiger partial charge in [0.1, 0.15) is 6.54 Å². The van der Waals surface area contributed by atoms with E-state index in [9.17, 15) is 18.0 Å². The zero-order valence-corrected chi connectivity index (χ0v) is 18.8. The number of carbonyl (C=O) groups excluding carboxylic acids is 1. The van der Waals surface area contributed by atoms with E-state index in [1.54, 1.807) is 51.7 Å². The van der Waals surface area contributed by atoms with E-state index < -0.39 is 15.7 Å². The maximum absolute atomic E-state index is 13.0. The predicted molar refractivity (Wildman–Crippen MR) is 121 cm³/mol. The van der Waals surface area contributed by atoms with E-state index in [0.29, 0.717) is 37.4 Å². The van der Waals surface area contributed by atoms with Crippen molar-refractivity contribution in [3.05, 3.63) is 64.6 Å². The molecule has 0 aliphatic carbocycles. The van der Waals surface area contributed by atoms with E-state index in [0.717, 1.165) is 34.2 Å². The van der Waals surface area contributed by atoms with Gasteiger partial charge in [-0.1, -0.05) is 24.6 Å².